The molecule has 2 amide bonds. The van der Waals surface area contributed by atoms with Gasteiger partial charge in [-0.3, -0.25) is 14.6 Å². The third-order valence-corrected chi connectivity index (χ3v) is 6.17. The number of hydrogen-bond acceptors (Lipinski definition) is 6. The number of nitrogen functional groups attached to an aromatic ring is 1. The summed E-state index contributed by atoms with van der Waals surface area (Å²) < 4.78 is 0. The van der Waals surface area contributed by atoms with Gasteiger partial charge in [0.25, 0.3) is 0 Å². The Morgan fingerprint density at radius 3 is 2.97 bits per heavy atom. The smallest absolute Gasteiger partial charge is 0.242 e. The fraction of sp³-hybridized carbons (Fsp3) is 0.478. The van der Waals surface area contributed by atoms with E-state index in [1.165, 1.54) is 5.56 Å². The Bertz CT molecular complexity index is 978. The summed E-state index contributed by atoms with van der Waals surface area (Å²) in [6.07, 6.45) is 5.07. The number of pyridine rings is 2. The normalized spacial score (nSPS) is 23.2. The molecule has 1 aliphatic heterocycles. The van der Waals surface area contributed by atoms with Crippen molar-refractivity contribution in [1.29, 1.82) is 0 Å². The van der Waals surface area contributed by atoms with Gasteiger partial charge in [0.2, 0.25) is 11.8 Å². The summed E-state index contributed by atoms with van der Waals surface area (Å²) in [6.45, 7) is 4.49. The first kappa shape index (κ1) is 21.2. The first-order valence-corrected chi connectivity index (χ1v) is 10.9. The number of nitrogens with zero attached hydrogens (tertiary/aromatic N) is 2. The summed E-state index contributed by atoms with van der Waals surface area (Å²) in [6, 6.07) is 6.82. The fourth-order valence-electron chi connectivity index (χ4n) is 4.54. The Hall–Kier alpha value is -3.00. The highest BCUT2D eigenvalue weighted by molar-refractivity contribution is 5.89. The molecule has 2 aromatic rings. The second kappa shape index (κ2) is 9.01. The SMILES string of the molecule is Cc1cc(C[C@@H]2CN[C@@H](C(=O)N[C@@H](C)C(=O)NC3CCc4nc(N)ccc43)C2)ccn1. The number of nitrogens with two attached hydrogens (primary N) is 1. The zero-order chi connectivity index (χ0) is 22.0. The van der Waals surface area contributed by atoms with Gasteiger partial charge in [-0.05, 0) is 81.3 Å². The molecule has 0 spiro atoms. The molecular weight excluding hydrogens is 392 g/mol. The molecule has 3 heterocycles. The summed E-state index contributed by atoms with van der Waals surface area (Å²) in [4.78, 5) is 33.9. The predicted octanol–water partition coefficient (Wildman–Crippen LogP) is 1.20. The number of aromatic nitrogens is 2. The maximum Gasteiger partial charge on any atom is 0.242 e. The van der Waals surface area contributed by atoms with Crippen molar-refractivity contribution < 1.29 is 9.59 Å². The lowest BCUT2D eigenvalue weighted by atomic mass is 9.96. The van der Waals surface area contributed by atoms with Crippen LogP contribution < -0.4 is 21.7 Å². The molecule has 1 saturated heterocycles. The number of carbonyl (C=O) groups excluding carboxylic acids is 2. The molecule has 2 aliphatic rings. The zero-order valence-electron chi connectivity index (χ0n) is 18.0. The molecule has 1 aliphatic carbocycles. The van der Waals surface area contributed by atoms with Crippen LogP contribution in [0.25, 0.3) is 0 Å². The molecule has 0 aromatic carbocycles. The van der Waals surface area contributed by atoms with Crippen molar-refractivity contribution in [3.63, 3.8) is 0 Å². The van der Waals surface area contributed by atoms with Gasteiger partial charge in [-0.1, -0.05) is 6.07 Å². The van der Waals surface area contributed by atoms with E-state index in [2.05, 4.69) is 32.0 Å². The number of amides is 2. The quantitative estimate of drug-likeness (QED) is 0.555. The van der Waals surface area contributed by atoms with Gasteiger partial charge >= 0.3 is 0 Å². The van der Waals surface area contributed by atoms with E-state index < -0.39 is 6.04 Å². The molecule has 8 heteroatoms. The predicted molar refractivity (Wildman–Crippen MR) is 118 cm³/mol. The van der Waals surface area contributed by atoms with Crippen LogP contribution in [0.2, 0.25) is 0 Å². The number of hydrogen-bond donors (Lipinski definition) is 4. The van der Waals surface area contributed by atoms with Crippen LogP contribution in [0.5, 0.6) is 0 Å². The van der Waals surface area contributed by atoms with Crippen molar-refractivity contribution in [2.24, 2.45) is 5.92 Å². The van der Waals surface area contributed by atoms with Crippen molar-refractivity contribution >= 4 is 17.6 Å². The summed E-state index contributed by atoms with van der Waals surface area (Å²) in [5.74, 6) is 0.562. The lowest BCUT2D eigenvalue weighted by molar-refractivity contribution is -0.129. The summed E-state index contributed by atoms with van der Waals surface area (Å²) in [7, 11) is 0. The van der Waals surface area contributed by atoms with Crippen LogP contribution in [0, 0.1) is 12.8 Å². The lowest BCUT2D eigenvalue weighted by Gasteiger charge is -2.20. The van der Waals surface area contributed by atoms with Crippen LogP contribution in [0.4, 0.5) is 5.82 Å². The van der Waals surface area contributed by atoms with Crippen molar-refractivity contribution in [3.05, 3.63) is 53.0 Å². The first-order valence-electron chi connectivity index (χ1n) is 10.9. The summed E-state index contributed by atoms with van der Waals surface area (Å²) >= 11 is 0. The monoisotopic (exact) mass is 422 g/mol. The highest BCUT2D eigenvalue weighted by Crippen LogP contribution is 2.30. The van der Waals surface area contributed by atoms with Crippen LogP contribution in [-0.2, 0) is 22.4 Å². The number of rotatable bonds is 6. The van der Waals surface area contributed by atoms with E-state index in [1.54, 1.807) is 13.0 Å². The van der Waals surface area contributed by atoms with Gasteiger partial charge in [-0.15, -0.1) is 0 Å². The molecule has 4 atom stereocenters. The lowest BCUT2D eigenvalue weighted by Crippen LogP contribution is -2.50. The zero-order valence-corrected chi connectivity index (χ0v) is 18.0. The maximum absolute atomic E-state index is 12.7. The Morgan fingerprint density at radius 1 is 1.32 bits per heavy atom. The van der Waals surface area contributed by atoms with Crippen molar-refractivity contribution in [2.75, 3.05) is 12.3 Å². The van der Waals surface area contributed by atoms with Crippen LogP contribution in [0.3, 0.4) is 0 Å². The minimum atomic E-state index is -0.609. The molecule has 31 heavy (non-hydrogen) atoms. The molecule has 5 N–H and O–H groups in total. The minimum absolute atomic E-state index is 0.0900. The molecule has 4 rings (SSSR count). The molecule has 0 bridgehead atoms. The molecule has 2 aromatic heterocycles. The molecule has 164 valence electrons. The number of anilines is 1. The Balaban J connectivity index is 1.26. The molecule has 8 nitrogen and oxygen atoms in total. The van der Waals surface area contributed by atoms with Crippen LogP contribution in [0.15, 0.2) is 30.5 Å². The van der Waals surface area contributed by atoms with Crippen LogP contribution >= 0.6 is 0 Å². The fourth-order valence-corrected chi connectivity index (χ4v) is 4.54. The average molecular weight is 423 g/mol. The third-order valence-electron chi connectivity index (χ3n) is 6.17. The molecule has 0 saturated carbocycles. The molecule has 0 radical (unpaired) electrons. The second-order valence-corrected chi connectivity index (χ2v) is 8.67. The van der Waals surface area contributed by atoms with E-state index in [0.29, 0.717) is 11.7 Å². The van der Waals surface area contributed by atoms with Gasteiger partial charge < -0.3 is 21.7 Å². The van der Waals surface area contributed by atoms with E-state index in [4.69, 9.17) is 5.73 Å². The minimum Gasteiger partial charge on any atom is -0.384 e. The Morgan fingerprint density at radius 2 is 2.16 bits per heavy atom. The number of carbonyl (C=O) groups is 2. The van der Waals surface area contributed by atoms with E-state index >= 15 is 0 Å². The summed E-state index contributed by atoms with van der Waals surface area (Å²) in [5, 5.41) is 9.20. The first-order chi connectivity index (χ1) is 14.9. The highest BCUT2D eigenvalue weighted by Gasteiger charge is 2.32. The summed E-state index contributed by atoms with van der Waals surface area (Å²) in [5.41, 5.74) is 9.93. The molecule has 1 fully saturated rings. The molecular formula is C23H30N6O2. The van der Waals surface area contributed by atoms with Crippen molar-refractivity contribution in [3.8, 4) is 0 Å². The van der Waals surface area contributed by atoms with Crippen LogP contribution in [0.1, 0.15) is 48.3 Å². The average Bonchev–Trinajstić information content (AvgIpc) is 3.35. The van der Waals surface area contributed by atoms with Crippen molar-refractivity contribution in [1.82, 2.24) is 25.9 Å². The third kappa shape index (κ3) is 5.02. The number of nitrogens with one attached hydrogen (secondary N) is 3. The van der Waals surface area contributed by atoms with Gasteiger partial charge in [0.1, 0.15) is 11.9 Å². The topological polar surface area (TPSA) is 122 Å². The van der Waals surface area contributed by atoms with E-state index in [0.717, 1.165) is 49.2 Å². The molecule has 1 unspecified atom stereocenters. The van der Waals surface area contributed by atoms with E-state index in [9.17, 15) is 9.59 Å². The number of fused-ring (bicyclic) bond motifs is 1. The van der Waals surface area contributed by atoms with Gasteiger partial charge in [-0.2, -0.15) is 0 Å². The standard InChI is InChI=1S/C23H30N6O2/c1-13-9-15(7-8-25-13)10-16-11-20(26-12-16)23(31)27-14(2)22(30)29-19-5-4-18-17(19)3-6-21(24)28-18/h3,6-9,14,16,19-20,26H,4-5,10-12H2,1-2H3,(H2,24,28)(H,27,31)(H,29,30)/t14-,16-,19?,20+/m0/s1. The van der Waals surface area contributed by atoms with E-state index in [-0.39, 0.29) is 23.9 Å². The van der Waals surface area contributed by atoms with Crippen LogP contribution in [-0.4, -0.2) is 40.4 Å². The number of aryl methyl sites for hydroxylation is 2. The maximum atomic E-state index is 12.7. The Kier molecular flexibility index (Phi) is 6.18. The van der Waals surface area contributed by atoms with E-state index in [1.807, 2.05) is 25.3 Å². The van der Waals surface area contributed by atoms with Gasteiger partial charge in [0, 0.05) is 17.6 Å². The van der Waals surface area contributed by atoms with Gasteiger partial charge in [0.05, 0.1) is 12.1 Å². The second-order valence-electron chi connectivity index (χ2n) is 8.67. The highest BCUT2D eigenvalue weighted by atomic mass is 16.2. The van der Waals surface area contributed by atoms with Crippen molar-refractivity contribution in [2.45, 2.75) is 57.7 Å². The van der Waals surface area contributed by atoms with Gasteiger partial charge in [-0.25, -0.2) is 4.98 Å². The Labute approximate surface area is 182 Å². The largest absolute Gasteiger partial charge is 0.384 e. The van der Waals surface area contributed by atoms with Gasteiger partial charge in [0.15, 0.2) is 0 Å².